The van der Waals surface area contributed by atoms with Crippen LogP contribution in [0.3, 0.4) is 0 Å². The predicted molar refractivity (Wildman–Crippen MR) is 86.0 cm³/mol. The second-order valence-electron chi connectivity index (χ2n) is 5.34. The first kappa shape index (κ1) is 14.9. The summed E-state index contributed by atoms with van der Waals surface area (Å²) in [7, 11) is 0. The van der Waals surface area contributed by atoms with Gasteiger partial charge in [0.25, 0.3) is 0 Å². The summed E-state index contributed by atoms with van der Waals surface area (Å²) in [6.07, 6.45) is 2.53. The van der Waals surface area contributed by atoms with Crippen molar-refractivity contribution in [2.75, 3.05) is 5.88 Å². The number of hydrogen-bond donors (Lipinski definition) is 0. The van der Waals surface area contributed by atoms with Gasteiger partial charge in [0.05, 0.1) is 12.3 Å². The average Bonchev–Trinajstić information content (AvgIpc) is 3.17. The Kier molecular flexibility index (Phi) is 4.29. The normalized spacial score (nSPS) is 17.6. The molecule has 0 saturated heterocycles. The van der Waals surface area contributed by atoms with Gasteiger partial charge in [0.15, 0.2) is 0 Å². The molecule has 114 valence electrons. The van der Waals surface area contributed by atoms with E-state index in [1.54, 1.807) is 11.3 Å². The topological polar surface area (TPSA) is 45.8 Å². The highest BCUT2D eigenvalue weighted by atomic mass is 35.5. The fourth-order valence-electron chi connectivity index (χ4n) is 2.66. The van der Waals surface area contributed by atoms with E-state index < -0.39 is 0 Å². The first-order chi connectivity index (χ1) is 10.7. The van der Waals surface area contributed by atoms with Crippen LogP contribution in [-0.4, -0.2) is 22.5 Å². The smallest absolute Gasteiger partial charge is 0.244 e. The molecule has 0 unspecified atom stereocenters. The number of hydrazone groups is 1. The van der Waals surface area contributed by atoms with Crippen molar-refractivity contribution < 1.29 is 9.21 Å². The van der Waals surface area contributed by atoms with Gasteiger partial charge in [-0.1, -0.05) is 29.8 Å². The molecule has 1 aliphatic rings. The van der Waals surface area contributed by atoms with Crippen molar-refractivity contribution in [3.8, 4) is 0 Å². The van der Waals surface area contributed by atoms with Crippen LogP contribution in [0.1, 0.15) is 35.8 Å². The Morgan fingerprint density at radius 1 is 1.41 bits per heavy atom. The van der Waals surface area contributed by atoms with E-state index in [4.69, 9.17) is 16.0 Å². The van der Waals surface area contributed by atoms with Gasteiger partial charge in [0, 0.05) is 18.7 Å². The second kappa shape index (κ2) is 6.36. The Balaban J connectivity index is 1.93. The van der Waals surface area contributed by atoms with Gasteiger partial charge in [0.2, 0.25) is 5.91 Å². The molecule has 0 radical (unpaired) electrons. The number of aryl methyl sites for hydroxylation is 1. The van der Waals surface area contributed by atoms with E-state index in [9.17, 15) is 4.79 Å². The first-order valence-corrected chi connectivity index (χ1v) is 7.78. The van der Waals surface area contributed by atoms with Crippen LogP contribution >= 0.6 is 11.6 Å². The maximum atomic E-state index is 12.3. The van der Waals surface area contributed by atoms with E-state index >= 15 is 0 Å². The van der Waals surface area contributed by atoms with E-state index in [2.05, 4.69) is 11.2 Å². The molecule has 0 N–H and O–H groups in total. The average molecular weight is 317 g/mol. The Morgan fingerprint density at radius 2 is 2.27 bits per heavy atom. The van der Waals surface area contributed by atoms with Crippen molar-refractivity contribution in [3.63, 3.8) is 0 Å². The molecule has 0 bridgehead atoms. The quantitative estimate of drug-likeness (QED) is 0.803. The molecule has 0 spiro atoms. The number of amides is 1. The zero-order valence-corrected chi connectivity index (χ0v) is 13.1. The molecule has 0 fully saturated rings. The minimum Gasteiger partial charge on any atom is -0.463 e. The minimum absolute atomic E-state index is 0.0666. The highest BCUT2D eigenvalue weighted by molar-refractivity contribution is 6.19. The van der Waals surface area contributed by atoms with Gasteiger partial charge >= 0.3 is 0 Å². The lowest BCUT2D eigenvalue weighted by atomic mass is 9.99. The minimum atomic E-state index is -0.101. The molecule has 1 aromatic heterocycles. The number of benzene rings is 1. The van der Waals surface area contributed by atoms with Crippen molar-refractivity contribution in [3.05, 3.63) is 59.5 Å². The summed E-state index contributed by atoms with van der Waals surface area (Å²) in [5.41, 5.74) is 3.03. The Morgan fingerprint density at radius 3 is 2.95 bits per heavy atom. The van der Waals surface area contributed by atoms with Crippen molar-refractivity contribution >= 4 is 23.2 Å². The third-order valence-electron chi connectivity index (χ3n) is 3.71. The molecular formula is C17H17ClN2O2. The Bertz CT molecular complexity index is 694. The number of carbonyl (C=O) groups excluding carboxylic acids is 1. The summed E-state index contributed by atoms with van der Waals surface area (Å²) in [4.78, 5) is 12.3. The number of rotatable bonds is 4. The fourth-order valence-corrected chi connectivity index (χ4v) is 2.83. The van der Waals surface area contributed by atoms with Crippen LogP contribution in [0, 0.1) is 6.92 Å². The molecule has 4 nitrogen and oxygen atoms in total. The zero-order chi connectivity index (χ0) is 15.5. The van der Waals surface area contributed by atoms with Gasteiger partial charge in [-0.05, 0) is 24.6 Å². The SMILES string of the molecule is Cc1cccc([C@@H]2CC(c3ccco3)=NN2C(=O)CCCl)c1. The molecule has 1 atom stereocenters. The molecule has 0 saturated carbocycles. The predicted octanol–water partition coefficient (Wildman–Crippen LogP) is 3.89. The zero-order valence-electron chi connectivity index (χ0n) is 12.3. The second-order valence-corrected chi connectivity index (χ2v) is 5.71. The van der Waals surface area contributed by atoms with Crippen molar-refractivity contribution in [1.82, 2.24) is 5.01 Å². The number of alkyl halides is 1. The van der Waals surface area contributed by atoms with E-state index in [-0.39, 0.29) is 18.4 Å². The van der Waals surface area contributed by atoms with E-state index in [1.165, 1.54) is 0 Å². The number of hydrogen-bond acceptors (Lipinski definition) is 3. The molecule has 22 heavy (non-hydrogen) atoms. The summed E-state index contributed by atoms with van der Waals surface area (Å²) in [6, 6.07) is 11.7. The number of carbonyl (C=O) groups is 1. The van der Waals surface area contributed by atoms with Gasteiger partial charge in [-0.15, -0.1) is 11.6 Å². The molecule has 0 aliphatic carbocycles. The summed E-state index contributed by atoms with van der Waals surface area (Å²) in [5, 5.41) is 6.04. The van der Waals surface area contributed by atoms with Gasteiger partial charge in [-0.25, -0.2) is 5.01 Å². The third-order valence-corrected chi connectivity index (χ3v) is 3.90. The van der Waals surface area contributed by atoms with Crippen LogP contribution in [0.2, 0.25) is 0 Å². The Labute approximate surface area is 134 Å². The van der Waals surface area contributed by atoms with Crippen LogP contribution < -0.4 is 0 Å². The van der Waals surface area contributed by atoms with E-state index in [0.29, 0.717) is 18.1 Å². The lowest BCUT2D eigenvalue weighted by Crippen LogP contribution is -2.27. The third kappa shape index (κ3) is 2.92. The summed E-state index contributed by atoms with van der Waals surface area (Å²) in [5.74, 6) is 0.934. The van der Waals surface area contributed by atoms with Crippen molar-refractivity contribution in [2.24, 2.45) is 5.10 Å². The summed E-state index contributed by atoms with van der Waals surface area (Å²) >= 11 is 5.72. The molecule has 1 aromatic carbocycles. The van der Waals surface area contributed by atoms with Crippen molar-refractivity contribution in [1.29, 1.82) is 0 Å². The van der Waals surface area contributed by atoms with Crippen LogP contribution in [0.4, 0.5) is 0 Å². The van der Waals surface area contributed by atoms with Gasteiger partial charge < -0.3 is 4.42 Å². The molecule has 3 rings (SSSR count). The monoisotopic (exact) mass is 316 g/mol. The highest BCUT2D eigenvalue weighted by Gasteiger charge is 2.33. The molecular weight excluding hydrogens is 300 g/mol. The number of furan rings is 1. The van der Waals surface area contributed by atoms with Gasteiger partial charge in [0.1, 0.15) is 11.5 Å². The van der Waals surface area contributed by atoms with Crippen molar-refractivity contribution in [2.45, 2.75) is 25.8 Å². The van der Waals surface area contributed by atoms with Gasteiger partial charge in [-0.3, -0.25) is 4.79 Å². The highest BCUT2D eigenvalue weighted by Crippen LogP contribution is 2.33. The lowest BCUT2D eigenvalue weighted by Gasteiger charge is -2.22. The standard InChI is InChI=1S/C17H17ClN2O2/c1-12-4-2-5-13(10-12)15-11-14(16-6-3-9-22-16)19-20(15)17(21)7-8-18/h2-6,9-10,15H,7-8,11H2,1H3/t15-/m0/s1. The van der Waals surface area contributed by atoms with Gasteiger partial charge in [-0.2, -0.15) is 5.10 Å². The van der Waals surface area contributed by atoms with E-state index in [1.807, 2.05) is 37.3 Å². The molecule has 2 heterocycles. The Hall–Kier alpha value is -2.07. The maximum absolute atomic E-state index is 12.3. The number of nitrogens with zero attached hydrogens (tertiary/aromatic N) is 2. The molecule has 5 heteroatoms. The summed E-state index contributed by atoms with van der Waals surface area (Å²) in [6.45, 7) is 2.04. The largest absolute Gasteiger partial charge is 0.463 e. The van der Waals surface area contributed by atoms with Crippen LogP contribution in [-0.2, 0) is 4.79 Å². The van der Waals surface area contributed by atoms with E-state index in [0.717, 1.165) is 16.8 Å². The molecule has 1 amide bonds. The van der Waals surface area contributed by atoms with Crippen LogP contribution in [0.5, 0.6) is 0 Å². The lowest BCUT2D eigenvalue weighted by molar-refractivity contribution is -0.132. The first-order valence-electron chi connectivity index (χ1n) is 7.25. The molecule has 2 aromatic rings. The summed E-state index contributed by atoms with van der Waals surface area (Å²) < 4.78 is 5.42. The fraction of sp³-hybridized carbons (Fsp3) is 0.294. The van der Waals surface area contributed by atoms with Crippen LogP contribution in [0.15, 0.2) is 52.2 Å². The number of halogens is 1. The maximum Gasteiger partial charge on any atom is 0.244 e. The molecule has 1 aliphatic heterocycles. The van der Waals surface area contributed by atoms with Crippen LogP contribution in [0.25, 0.3) is 0 Å².